The zero-order valence-electron chi connectivity index (χ0n) is 7.72. The van der Waals surface area contributed by atoms with Gasteiger partial charge in [-0.15, -0.1) is 0 Å². The summed E-state index contributed by atoms with van der Waals surface area (Å²) in [4.78, 5) is 17.2. The first-order chi connectivity index (χ1) is 6.77. The Morgan fingerprint density at radius 2 is 2.21 bits per heavy atom. The van der Waals surface area contributed by atoms with Crippen LogP contribution in [0.4, 0.5) is 4.79 Å². The molecule has 6 nitrogen and oxygen atoms in total. The zero-order valence-corrected chi connectivity index (χ0v) is 7.72. The number of likely N-dealkylation sites (tertiary alicyclic amines) is 1. The van der Waals surface area contributed by atoms with Gasteiger partial charge < -0.3 is 14.8 Å². The van der Waals surface area contributed by atoms with E-state index in [-0.39, 0.29) is 6.04 Å². The van der Waals surface area contributed by atoms with Crippen LogP contribution in [0.15, 0.2) is 12.5 Å². The Labute approximate surface area is 81.7 Å². The SMILES string of the molecule is O=C(O)N1CCC(N2NC=CO2)CC1. The lowest BCUT2D eigenvalue weighted by molar-refractivity contribution is -0.156. The molecule has 2 rings (SSSR count). The number of piperidine rings is 1. The van der Waals surface area contributed by atoms with E-state index >= 15 is 0 Å². The second-order valence-electron chi connectivity index (χ2n) is 3.36. The molecule has 0 bridgehead atoms. The molecule has 2 N–H and O–H groups in total. The molecule has 2 aliphatic rings. The molecule has 0 saturated carbocycles. The summed E-state index contributed by atoms with van der Waals surface area (Å²) in [7, 11) is 0. The first-order valence-electron chi connectivity index (χ1n) is 4.62. The first kappa shape index (κ1) is 9.14. The summed E-state index contributed by atoms with van der Waals surface area (Å²) in [5.74, 6) is 0. The van der Waals surface area contributed by atoms with Crippen LogP contribution in [0.5, 0.6) is 0 Å². The third-order valence-electron chi connectivity index (χ3n) is 2.51. The maximum atomic E-state index is 10.6. The highest BCUT2D eigenvalue weighted by Crippen LogP contribution is 2.17. The van der Waals surface area contributed by atoms with E-state index < -0.39 is 6.09 Å². The number of hydrogen-bond acceptors (Lipinski definition) is 4. The Morgan fingerprint density at radius 3 is 2.71 bits per heavy atom. The fourth-order valence-electron chi connectivity index (χ4n) is 1.71. The second-order valence-corrected chi connectivity index (χ2v) is 3.36. The summed E-state index contributed by atoms with van der Waals surface area (Å²) in [6.07, 6.45) is 4.03. The fourth-order valence-corrected chi connectivity index (χ4v) is 1.71. The van der Waals surface area contributed by atoms with Crippen LogP contribution in [-0.2, 0) is 4.84 Å². The van der Waals surface area contributed by atoms with Crippen LogP contribution in [0, 0.1) is 0 Å². The summed E-state index contributed by atoms with van der Waals surface area (Å²) in [5.41, 5.74) is 2.93. The largest absolute Gasteiger partial charge is 0.465 e. The van der Waals surface area contributed by atoms with E-state index in [1.54, 1.807) is 17.6 Å². The summed E-state index contributed by atoms with van der Waals surface area (Å²) < 4.78 is 0. The highest BCUT2D eigenvalue weighted by Gasteiger charge is 2.28. The van der Waals surface area contributed by atoms with Crippen molar-refractivity contribution in [2.24, 2.45) is 0 Å². The van der Waals surface area contributed by atoms with E-state index in [0.717, 1.165) is 12.8 Å². The van der Waals surface area contributed by atoms with Crippen LogP contribution in [0.2, 0.25) is 0 Å². The van der Waals surface area contributed by atoms with Crippen molar-refractivity contribution >= 4 is 6.09 Å². The molecule has 2 aliphatic heterocycles. The van der Waals surface area contributed by atoms with Crippen LogP contribution >= 0.6 is 0 Å². The monoisotopic (exact) mass is 199 g/mol. The zero-order chi connectivity index (χ0) is 9.97. The summed E-state index contributed by atoms with van der Waals surface area (Å²) in [6, 6.07) is 0.251. The predicted molar refractivity (Wildman–Crippen MR) is 47.8 cm³/mol. The summed E-state index contributed by atoms with van der Waals surface area (Å²) in [6.45, 7) is 1.14. The smallest absolute Gasteiger partial charge is 0.407 e. The van der Waals surface area contributed by atoms with Crippen LogP contribution in [0.3, 0.4) is 0 Å². The van der Waals surface area contributed by atoms with Gasteiger partial charge >= 0.3 is 6.09 Å². The molecule has 78 valence electrons. The Balaban J connectivity index is 1.81. The van der Waals surface area contributed by atoms with E-state index in [9.17, 15) is 4.79 Å². The molecular formula is C8H13N3O3. The van der Waals surface area contributed by atoms with Crippen molar-refractivity contribution in [3.05, 3.63) is 12.5 Å². The number of nitrogens with zero attached hydrogens (tertiary/aromatic N) is 2. The van der Waals surface area contributed by atoms with Gasteiger partial charge in [0.05, 0.1) is 12.2 Å². The second kappa shape index (κ2) is 3.75. The van der Waals surface area contributed by atoms with Gasteiger partial charge in [-0.05, 0) is 12.8 Å². The van der Waals surface area contributed by atoms with Crippen molar-refractivity contribution in [1.82, 2.24) is 15.5 Å². The van der Waals surface area contributed by atoms with Gasteiger partial charge in [0.15, 0.2) is 0 Å². The third kappa shape index (κ3) is 1.74. The Hall–Kier alpha value is -1.43. The molecule has 0 unspecified atom stereocenters. The Morgan fingerprint density at radius 1 is 1.50 bits per heavy atom. The molecule has 0 aromatic rings. The minimum absolute atomic E-state index is 0.251. The quantitative estimate of drug-likeness (QED) is 0.638. The molecule has 0 radical (unpaired) electrons. The lowest BCUT2D eigenvalue weighted by atomic mass is 10.1. The minimum atomic E-state index is -0.836. The fraction of sp³-hybridized carbons (Fsp3) is 0.625. The van der Waals surface area contributed by atoms with E-state index in [0.29, 0.717) is 13.1 Å². The van der Waals surface area contributed by atoms with E-state index in [1.165, 1.54) is 4.90 Å². The van der Waals surface area contributed by atoms with Crippen LogP contribution < -0.4 is 5.43 Å². The Bertz CT molecular complexity index is 240. The molecule has 1 amide bonds. The third-order valence-corrected chi connectivity index (χ3v) is 2.51. The molecule has 14 heavy (non-hydrogen) atoms. The summed E-state index contributed by atoms with van der Waals surface area (Å²) >= 11 is 0. The Kier molecular flexibility index (Phi) is 2.45. The van der Waals surface area contributed by atoms with Crippen molar-refractivity contribution in [1.29, 1.82) is 0 Å². The molecule has 0 aromatic carbocycles. The van der Waals surface area contributed by atoms with Gasteiger partial charge in [-0.2, -0.15) is 0 Å². The standard InChI is InChI=1S/C8H13N3O3/c12-8(13)10-4-1-7(2-5-10)11-9-3-6-14-11/h3,6-7,9H,1-2,4-5H2,(H,12,13). The van der Waals surface area contributed by atoms with Crippen LogP contribution in [-0.4, -0.2) is 40.4 Å². The topological polar surface area (TPSA) is 65.0 Å². The van der Waals surface area contributed by atoms with Crippen molar-refractivity contribution < 1.29 is 14.7 Å². The highest BCUT2D eigenvalue weighted by atomic mass is 16.7. The van der Waals surface area contributed by atoms with E-state index in [4.69, 9.17) is 9.94 Å². The van der Waals surface area contributed by atoms with Crippen molar-refractivity contribution in [2.75, 3.05) is 13.1 Å². The molecule has 0 aromatic heterocycles. The maximum absolute atomic E-state index is 10.6. The number of hydrazine groups is 1. The molecule has 1 fully saturated rings. The van der Waals surface area contributed by atoms with Crippen molar-refractivity contribution in [3.63, 3.8) is 0 Å². The number of carbonyl (C=O) groups is 1. The molecule has 0 atom stereocenters. The van der Waals surface area contributed by atoms with Crippen LogP contribution in [0.1, 0.15) is 12.8 Å². The van der Waals surface area contributed by atoms with E-state index in [1.807, 2.05) is 0 Å². The normalized spacial score (nSPS) is 23.3. The lowest BCUT2D eigenvalue weighted by Gasteiger charge is -2.33. The summed E-state index contributed by atoms with van der Waals surface area (Å²) in [5, 5.41) is 10.4. The molecular weight excluding hydrogens is 186 g/mol. The van der Waals surface area contributed by atoms with Gasteiger partial charge in [-0.3, -0.25) is 5.43 Å². The average molecular weight is 199 g/mol. The predicted octanol–water partition coefficient (Wildman–Crippen LogP) is 0.352. The van der Waals surface area contributed by atoms with E-state index in [2.05, 4.69) is 5.43 Å². The number of amides is 1. The van der Waals surface area contributed by atoms with Gasteiger partial charge in [0.25, 0.3) is 0 Å². The number of rotatable bonds is 1. The van der Waals surface area contributed by atoms with Gasteiger partial charge in [0, 0.05) is 13.1 Å². The number of carboxylic acid groups (broad SMARTS) is 1. The highest BCUT2D eigenvalue weighted by molar-refractivity contribution is 5.65. The maximum Gasteiger partial charge on any atom is 0.407 e. The average Bonchev–Trinajstić information content (AvgIpc) is 2.71. The lowest BCUT2D eigenvalue weighted by Crippen LogP contribution is -2.48. The number of nitrogens with one attached hydrogen (secondary N) is 1. The van der Waals surface area contributed by atoms with Gasteiger partial charge in [-0.25, -0.2) is 4.79 Å². The van der Waals surface area contributed by atoms with Crippen molar-refractivity contribution in [3.8, 4) is 0 Å². The van der Waals surface area contributed by atoms with Gasteiger partial charge in [-0.1, -0.05) is 5.17 Å². The van der Waals surface area contributed by atoms with Gasteiger partial charge in [0.1, 0.15) is 6.26 Å². The first-order valence-corrected chi connectivity index (χ1v) is 4.62. The van der Waals surface area contributed by atoms with Gasteiger partial charge in [0.2, 0.25) is 0 Å². The molecule has 2 heterocycles. The number of hydroxylamine groups is 1. The molecule has 0 spiro atoms. The van der Waals surface area contributed by atoms with Crippen LogP contribution in [0.25, 0.3) is 0 Å². The minimum Gasteiger partial charge on any atom is -0.465 e. The van der Waals surface area contributed by atoms with Crippen molar-refractivity contribution in [2.45, 2.75) is 18.9 Å². The molecule has 6 heteroatoms. The number of hydrogen-bond donors (Lipinski definition) is 2. The molecule has 1 saturated heterocycles. The molecule has 0 aliphatic carbocycles.